The van der Waals surface area contributed by atoms with Crippen LogP contribution in [0.4, 0.5) is 9.52 Å². The Bertz CT molecular complexity index is 928. The second-order valence-electron chi connectivity index (χ2n) is 5.86. The normalized spacial score (nSPS) is 11.6. The Labute approximate surface area is 159 Å². The molecule has 0 saturated carbocycles. The van der Waals surface area contributed by atoms with Crippen LogP contribution in [0.1, 0.15) is 12.5 Å². The molecule has 8 heteroatoms. The predicted molar refractivity (Wildman–Crippen MR) is 102 cm³/mol. The summed E-state index contributed by atoms with van der Waals surface area (Å²) in [7, 11) is 0. The molecule has 1 atom stereocenters. The van der Waals surface area contributed by atoms with Crippen LogP contribution in [0, 0.1) is 5.82 Å². The summed E-state index contributed by atoms with van der Waals surface area (Å²) in [5.41, 5.74) is 1.58. The molecule has 0 bridgehead atoms. The van der Waals surface area contributed by atoms with Gasteiger partial charge in [-0.05, 0) is 36.8 Å². The maximum atomic E-state index is 13.0. The number of carbonyl (C=O) groups excluding carboxylic acids is 2. The molecule has 1 aromatic heterocycles. The largest absolute Gasteiger partial charge is 0.344 e. The molecule has 0 fully saturated rings. The first-order chi connectivity index (χ1) is 13.0. The van der Waals surface area contributed by atoms with Gasteiger partial charge in [0.15, 0.2) is 0 Å². The Hall–Kier alpha value is -3.13. The molecule has 6 nitrogen and oxygen atoms in total. The van der Waals surface area contributed by atoms with Gasteiger partial charge in [0.05, 0.1) is 6.42 Å². The Balaban J connectivity index is 1.55. The molecule has 0 unspecified atom stereocenters. The highest BCUT2D eigenvalue weighted by atomic mass is 32.1. The van der Waals surface area contributed by atoms with Crippen molar-refractivity contribution in [2.24, 2.45) is 0 Å². The third kappa shape index (κ3) is 5.18. The molecule has 0 aliphatic heterocycles. The summed E-state index contributed by atoms with van der Waals surface area (Å²) in [6, 6.07) is 14.4. The van der Waals surface area contributed by atoms with Crippen LogP contribution in [-0.4, -0.2) is 28.1 Å². The Morgan fingerprint density at radius 1 is 1.07 bits per heavy atom. The maximum Gasteiger partial charge on any atom is 0.248 e. The van der Waals surface area contributed by atoms with E-state index < -0.39 is 11.9 Å². The average molecular weight is 384 g/mol. The van der Waals surface area contributed by atoms with E-state index in [4.69, 9.17) is 0 Å². The van der Waals surface area contributed by atoms with Crippen molar-refractivity contribution in [2.75, 3.05) is 5.32 Å². The molecular formula is C19H17FN4O2S. The minimum atomic E-state index is -0.723. The SMILES string of the molecule is C[C@@H](NC(=O)Cc1ccccc1)C(=O)Nc1nnc(-c2ccc(F)cc2)s1. The molecule has 0 aliphatic rings. The van der Waals surface area contributed by atoms with Crippen molar-refractivity contribution in [3.63, 3.8) is 0 Å². The monoisotopic (exact) mass is 384 g/mol. The van der Waals surface area contributed by atoms with Gasteiger partial charge in [-0.3, -0.25) is 14.9 Å². The lowest BCUT2D eigenvalue weighted by Gasteiger charge is -2.12. The second-order valence-corrected chi connectivity index (χ2v) is 6.84. The molecular weight excluding hydrogens is 367 g/mol. The van der Waals surface area contributed by atoms with Crippen LogP contribution in [0.3, 0.4) is 0 Å². The lowest BCUT2D eigenvalue weighted by atomic mass is 10.1. The predicted octanol–water partition coefficient (Wildman–Crippen LogP) is 3.03. The quantitative estimate of drug-likeness (QED) is 0.684. The van der Waals surface area contributed by atoms with Gasteiger partial charge in [0.1, 0.15) is 16.9 Å². The van der Waals surface area contributed by atoms with Crippen LogP contribution >= 0.6 is 11.3 Å². The molecule has 3 aromatic rings. The van der Waals surface area contributed by atoms with E-state index in [1.54, 1.807) is 19.1 Å². The number of hydrogen-bond donors (Lipinski definition) is 2. The summed E-state index contributed by atoms with van der Waals surface area (Å²) in [6.07, 6.45) is 0.200. The van der Waals surface area contributed by atoms with Crippen molar-refractivity contribution < 1.29 is 14.0 Å². The molecule has 3 rings (SSSR count). The van der Waals surface area contributed by atoms with Gasteiger partial charge < -0.3 is 5.32 Å². The fourth-order valence-electron chi connectivity index (χ4n) is 2.34. The van der Waals surface area contributed by atoms with Gasteiger partial charge in [-0.1, -0.05) is 41.7 Å². The summed E-state index contributed by atoms with van der Waals surface area (Å²) < 4.78 is 13.0. The Morgan fingerprint density at radius 2 is 1.78 bits per heavy atom. The summed E-state index contributed by atoms with van der Waals surface area (Å²) in [5, 5.41) is 14.1. The zero-order valence-electron chi connectivity index (χ0n) is 14.5. The van der Waals surface area contributed by atoms with Crippen LogP contribution < -0.4 is 10.6 Å². The number of anilines is 1. The molecule has 2 aromatic carbocycles. The highest BCUT2D eigenvalue weighted by molar-refractivity contribution is 7.18. The summed E-state index contributed by atoms with van der Waals surface area (Å²) in [6.45, 7) is 1.60. The highest BCUT2D eigenvalue weighted by Crippen LogP contribution is 2.26. The van der Waals surface area contributed by atoms with Crippen LogP contribution in [0.15, 0.2) is 54.6 Å². The Kier molecular flexibility index (Phi) is 5.87. The summed E-state index contributed by atoms with van der Waals surface area (Å²) in [5.74, 6) is -0.969. The first kappa shape index (κ1) is 18.7. The molecule has 1 heterocycles. The third-order valence-electron chi connectivity index (χ3n) is 3.72. The number of rotatable bonds is 6. The van der Waals surface area contributed by atoms with Crippen LogP contribution in [0.2, 0.25) is 0 Å². The van der Waals surface area contributed by atoms with Gasteiger partial charge in [0.25, 0.3) is 0 Å². The number of halogens is 1. The Morgan fingerprint density at radius 3 is 2.48 bits per heavy atom. The molecule has 27 heavy (non-hydrogen) atoms. The van der Waals surface area contributed by atoms with E-state index in [1.165, 1.54) is 23.5 Å². The average Bonchev–Trinajstić information content (AvgIpc) is 3.11. The van der Waals surface area contributed by atoms with E-state index >= 15 is 0 Å². The number of nitrogens with zero attached hydrogens (tertiary/aromatic N) is 2. The summed E-state index contributed by atoms with van der Waals surface area (Å²) >= 11 is 1.17. The number of aromatic nitrogens is 2. The van der Waals surface area contributed by atoms with Crippen LogP contribution in [0.5, 0.6) is 0 Å². The number of amides is 2. The van der Waals surface area contributed by atoms with Gasteiger partial charge in [-0.2, -0.15) is 0 Å². The standard InChI is InChI=1S/C19H17FN4O2S/c1-12(21-16(25)11-13-5-3-2-4-6-13)17(26)22-19-24-23-18(27-19)14-7-9-15(20)10-8-14/h2-10,12H,11H2,1H3,(H,21,25)(H,22,24,26)/t12-/m1/s1. The van der Waals surface area contributed by atoms with Crippen molar-refractivity contribution in [1.29, 1.82) is 0 Å². The van der Waals surface area contributed by atoms with Gasteiger partial charge >= 0.3 is 0 Å². The third-order valence-corrected chi connectivity index (χ3v) is 4.61. The molecule has 0 radical (unpaired) electrons. The molecule has 0 aliphatic carbocycles. The second kappa shape index (κ2) is 8.50. The van der Waals surface area contributed by atoms with E-state index in [-0.39, 0.29) is 18.1 Å². The first-order valence-corrected chi connectivity index (χ1v) is 9.06. The smallest absolute Gasteiger partial charge is 0.248 e. The van der Waals surface area contributed by atoms with E-state index in [0.29, 0.717) is 15.7 Å². The van der Waals surface area contributed by atoms with Crippen molar-refractivity contribution in [2.45, 2.75) is 19.4 Å². The van der Waals surface area contributed by atoms with Crippen molar-refractivity contribution in [3.05, 3.63) is 66.0 Å². The molecule has 2 amide bonds. The first-order valence-electron chi connectivity index (χ1n) is 8.25. The van der Waals surface area contributed by atoms with Crippen molar-refractivity contribution in [1.82, 2.24) is 15.5 Å². The van der Waals surface area contributed by atoms with Crippen molar-refractivity contribution >= 4 is 28.3 Å². The molecule has 0 saturated heterocycles. The van der Waals surface area contributed by atoms with E-state index in [1.807, 2.05) is 30.3 Å². The molecule has 138 valence electrons. The zero-order valence-corrected chi connectivity index (χ0v) is 15.3. The van der Waals surface area contributed by atoms with E-state index in [2.05, 4.69) is 20.8 Å². The molecule has 2 N–H and O–H groups in total. The van der Waals surface area contributed by atoms with Gasteiger partial charge in [-0.25, -0.2) is 4.39 Å². The molecule has 0 spiro atoms. The van der Waals surface area contributed by atoms with Gasteiger partial charge in [0.2, 0.25) is 16.9 Å². The number of hydrogen-bond acceptors (Lipinski definition) is 5. The lowest BCUT2D eigenvalue weighted by molar-refractivity contribution is -0.125. The number of nitrogens with one attached hydrogen (secondary N) is 2. The maximum absolute atomic E-state index is 13.0. The minimum Gasteiger partial charge on any atom is -0.344 e. The van der Waals surface area contributed by atoms with Gasteiger partial charge in [-0.15, -0.1) is 10.2 Å². The van der Waals surface area contributed by atoms with Gasteiger partial charge in [0, 0.05) is 5.56 Å². The van der Waals surface area contributed by atoms with E-state index in [9.17, 15) is 14.0 Å². The zero-order chi connectivity index (χ0) is 19.2. The fraction of sp³-hybridized carbons (Fsp3) is 0.158. The topological polar surface area (TPSA) is 84.0 Å². The summed E-state index contributed by atoms with van der Waals surface area (Å²) in [4.78, 5) is 24.3. The minimum absolute atomic E-state index is 0.200. The highest BCUT2D eigenvalue weighted by Gasteiger charge is 2.18. The van der Waals surface area contributed by atoms with Crippen molar-refractivity contribution in [3.8, 4) is 10.6 Å². The van der Waals surface area contributed by atoms with E-state index in [0.717, 1.165) is 5.56 Å². The number of carbonyl (C=O) groups is 2. The van der Waals surface area contributed by atoms with Crippen LogP contribution in [0.25, 0.3) is 10.6 Å². The fourth-order valence-corrected chi connectivity index (χ4v) is 3.09. The lowest BCUT2D eigenvalue weighted by Crippen LogP contribution is -2.42. The van der Waals surface area contributed by atoms with Crippen LogP contribution in [-0.2, 0) is 16.0 Å². The number of benzene rings is 2.